The van der Waals surface area contributed by atoms with Crippen molar-refractivity contribution in [2.24, 2.45) is 11.8 Å². The highest BCUT2D eigenvalue weighted by molar-refractivity contribution is 7.18. The molecule has 2 heterocycles. The van der Waals surface area contributed by atoms with Gasteiger partial charge < -0.3 is 10.6 Å². The van der Waals surface area contributed by atoms with Crippen LogP contribution in [0.4, 0.5) is 11.8 Å². The van der Waals surface area contributed by atoms with Crippen molar-refractivity contribution in [2.45, 2.75) is 34.6 Å². The van der Waals surface area contributed by atoms with Crippen molar-refractivity contribution in [3.05, 3.63) is 10.9 Å². The van der Waals surface area contributed by atoms with Crippen LogP contribution in [0.1, 0.15) is 32.6 Å². The molecule has 0 radical (unpaired) electrons. The predicted octanol–water partition coefficient (Wildman–Crippen LogP) is 4.14. The molecule has 0 aliphatic carbocycles. The van der Waals surface area contributed by atoms with Gasteiger partial charge in [0.2, 0.25) is 5.95 Å². The van der Waals surface area contributed by atoms with Gasteiger partial charge in [-0.2, -0.15) is 4.98 Å². The van der Waals surface area contributed by atoms with E-state index < -0.39 is 0 Å². The molecule has 2 aromatic rings. The van der Waals surface area contributed by atoms with Gasteiger partial charge in [0.15, 0.2) is 0 Å². The molecule has 0 bridgehead atoms. The lowest BCUT2D eigenvalue weighted by Crippen LogP contribution is -2.17. The van der Waals surface area contributed by atoms with E-state index in [2.05, 4.69) is 61.3 Å². The van der Waals surface area contributed by atoms with Crippen LogP contribution in [0, 0.1) is 18.8 Å². The van der Waals surface area contributed by atoms with Gasteiger partial charge in [0.05, 0.1) is 5.39 Å². The largest absolute Gasteiger partial charge is 0.369 e. The number of hydrogen-bond donors (Lipinski definition) is 2. The fourth-order valence-corrected chi connectivity index (χ4v) is 2.79. The van der Waals surface area contributed by atoms with Crippen molar-refractivity contribution < 1.29 is 0 Å². The average Bonchev–Trinajstić information content (AvgIpc) is 2.76. The highest BCUT2D eigenvalue weighted by Crippen LogP contribution is 2.29. The van der Waals surface area contributed by atoms with Gasteiger partial charge in [-0.15, -0.1) is 11.3 Å². The number of nitrogens with one attached hydrogen (secondary N) is 2. The molecule has 0 fully saturated rings. The molecule has 2 rings (SSSR count). The molecule has 1 unspecified atom stereocenters. The molecule has 0 saturated carbocycles. The first kappa shape index (κ1) is 15.0. The summed E-state index contributed by atoms with van der Waals surface area (Å²) in [5.41, 5.74) is 0. The third-order valence-electron chi connectivity index (χ3n) is 3.58. The Morgan fingerprint density at radius 1 is 1.20 bits per heavy atom. The number of aromatic nitrogens is 2. The molecule has 0 saturated heterocycles. The van der Waals surface area contributed by atoms with E-state index in [1.54, 1.807) is 11.3 Å². The van der Waals surface area contributed by atoms with Crippen LogP contribution in [-0.2, 0) is 0 Å². The topological polar surface area (TPSA) is 49.8 Å². The summed E-state index contributed by atoms with van der Waals surface area (Å²) in [4.78, 5) is 11.5. The Bertz CT molecular complexity index is 577. The summed E-state index contributed by atoms with van der Waals surface area (Å²) in [5, 5.41) is 7.83. The number of anilines is 2. The summed E-state index contributed by atoms with van der Waals surface area (Å²) >= 11 is 1.72. The summed E-state index contributed by atoms with van der Waals surface area (Å²) in [6.07, 6.45) is 0. The fourth-order valence-electron chi connectivity index (χ4n) is 1.91. The zero-order valence-electron chi connectivity index (χ0n) is 12.9. The third-order valence-corrected chi connectivity index (χ3v) is 4.52. The van der Waals surface area contributed by atoms with Gasteiger partial charge >= 0.3 is 0 Å². The molecule has 0 aromatic carbocycles. The molecule has 2 aromatic heterocycles. The lowest BCUT2D eigenvalue weighted by molar-refractivity contribution is 0.439. The Kier molecular flexibility index (Phi) is 4.81. The lowest BCUT2D eigenvalue weighted by Gasteiger charge is -2.17. The lowest BCUT2D eigenvalue weighted by atomic mass is 9.98. The number of hydrogen-bond acceptors (Lipinski definition) is 5. The Balaban J connectivity index is 2.29. The second-order valence-electron chi connectivity index (χ2n) is 5.60. The quantitative estimate of drug-likeness (QED) is 0.840. The van der Waals surface area contributed by atoms with Crippen molar-refractivity contribution in [2.75, 3.05) is 23.7 Å². The molecular weight excluding hydrogens is 268 g/mol. The van der Waals surface area contributed by atoms with Crippen molar-refractivity contribution in [1.82, 2.24) is 9.97 Å². The van der Waals surface area contributed by atoms with E-state index in [4.69, 9.17) is 0 Å². The average molecular weight is 292 g/mol. The molecule has 0 spiro atoms. The Morgan fingerprint density at radius 2 is 1.95 bits per heavy atom. The molecule has 1 atom stereocenters. The summed E-state index contributed by atoms with van der Waals surface area (Å²) in [7, 11) is 0. The van der Waals surface area contributed by atoms with Crippen LogP contribution in [-0.4, -0.2) is 23.1 Å². The van der Waals surface area contributed by atoms with Gasteiger partial charge in [-0.3, -0.25) is 0 Å². The van der Waals surface area contributed by atoms with Crippen LogP contribution in [0.25, 0.3) is 10.2 Å². The van der Waals surface area contributed by atoms with E-state index in [1.807, 2.05) is 0 Å². The van der Waals surface area contributed by atoms with Gasteiger partial charge in [0, 0.05) is 18.0 Å². The van der Waals surface area contributed by atoms with Crippen LogP contribution in [0.15, 0.2) is 6.07 Å². The monoisotopic (exact) mass is 292 g/mol. The number of thiophene rings is 1. The summed E-state index contributed by atoms with van der Waals surface area (Å²) < 4.78 is 0. The van der Waals surface area contributed by atoms with Gasteiger partial charge in [-0.05, 0) is 31.7 Å². The highest BCUT2D eigenvalue weighted by Gasteiger charge is 2.12. The molecular formula is C15H24N4S. The van der Waals surface area contributed by atoms with E-state index in [1.165, 1.54) is 4.88 Å². The van der Waals surface area contributed by atoms with Crippen molar-refractivity contribution in [1.29, 1.82) is 0 Å². The highest BCUT2D eigenvalue weighted by atomic mass is 32.1. The Hall–Kier alpha value is -1.36. The second kappa shape index (κ2) is 6.39. The molecule has 2 N–H and O–H groups in total. The van der Waals surface area contributed by atoms with Gasteiger partial charge in [-0.1, -0.05) is 20.8 Å². The molecule has 110 valence electrons. The zero-order chi connectivity index (χ0) is 14.7. The van der Waals surface area contributed by atoms with E-state index in [0.717, 1.165) is 29.1 Å². The van der Waals surface area contributed by atoms with Crippen LogP contribution in [0.3, 0.4) is 0 Å². The second-order valence-corrected chi connectivity index (χ2v) is 6.84. The first-order chi connectivity index (χ1) is 9.51. The summed E-state index contributed by atoms with van der Waals surface area (Å²) in [6, 6.07) is 2.16. The summed E-state index contributed by atoms with van der Waals surface area (Å²) in [5.74, 6) is 2.93. The Labute approximate surface area is 125 Å². The van der Waals surface area contributed by atoms with Crippen LogP contribution < -0.4 is 10.6 Å². The van der Waals surface area contributed by atoms with Gasteiger partial charge in [0.25, 0.3) is 0 Å². The normalized spacial score (nSPS) is 12.9. The molecule has 0 aliphatic heterocycles. The number of rotatable bonds is 6. The minimum absolute atomic E-state index is 0.613. The SMILES string of the molecule is CCNc1nc(NCC(C)C(C)C)c2cc(C)sc2n1. The number of fused-ring (bicyclic) bond motifs is 1. The first-order valence-corrected chi connectivity index (χ1v) is 8.08. The predicted molar refractivity (Wildman–Crippen MR) is 88.8 cm³/mol. The smallest absolute Gasteiger partial charge is 0.226 e. The van der Waals surface area contributed by atoms with Gasteiger partial charge in [0.1, 0.15) is 10.6 Å². The molecule has 20 heavy (non-hydrogen) atoms. The maximum absolute atomic E-state index is 4.61. The maximum atomic E-state index is 4.61. The number of nitrogens with zero attached hydrogens (tertiary/aromatic N) is 2. The van der Waals surface area contributed by atoms with Crippen molar-refractivity contribution >= 4 is 33.3 Å². The summed E-state index contributed by atoms with van der Waals surface area (Å²) in [6.45, 7) is 12.7. The van der Waals surface area contributed by atoms with Crippen LogP contribution in [0.2, 0.25) is 0 Å². The van der Waals surface area contributed by atoms with Crippen LogP contribution in [0.5, 0.6) is 0 Å². The van der Waals surface area contributed by atoms with E-state index >= 15 is 0 Å². The number of aryl methyl sites for hydroxylation is 1. The standard InChI is InChI=1S/C15H24N4S/c1-6-16-15-18-13(17-8-10(4)9(2)3)12-7-11(5)20-14(12)19-15/h7,9-10H,6,8H2,1-5H3,(H2,16,17,18,19). The van der Waals surface area contributed by atoms with E-state index in [0.29, 0.717) is 17.8 Å². The minimum atomic E-state index is 0.613. The zero-order valence-corrected chi connectivity index (χ0v) is 13.8. The van der Waals surface area contributed by atoms with Crippen molar-refractivity contribution in [3.63, 3.8) is 0 Å². The van der Waals surface area contributed by atoms with Crippen LogP contribution >= 0.6 is 11.3 Å². The Morgan fingerprint density at radius 3 is 2.60 bits per heavy atom. The third kappa shape index (κ3) is 3.39. The van der Waals surface area contributed by atoms with E-state index in [9.17, 15) is 0 Å². The van der Waals surface area contributed by atoms with E-state index in [-0.39, 0.29) is 0 Å². The fraction of sp³-hybridized carbons (Fsp3) is 0.600. The van der Waals surface area contributed by atoms with Gasteiger partial charge in [-0.25, -0.2) is 4.98 Å². The molecule has 5 heteroatoms. The maximum Gasteiger partial charge on any atom is 0.226 e. The molecule has 0 aliphatic rings. The van der Waals surface area contributed by atoms with Crippen molar-refractivity contribution in [3.8, 4) is 0 Å². The molecule has 4 nitrogen and oxygen atoms in total. The first-order valence-electron chi connectivity index (χ1n) is 7.27. The minimum Gasteiger partial charge on any atom is -0.369 e. The molecule has 0 amide bonds.